The summed E-state index contributed by atoms with van der Waals surface area (Å²) in [5.41, 5.74) is 1.31. The van der Waals surface area contributed by atoms with Gasteiger partial charge < -0.3 is 5.32 Å². The first-order chi connectivity index (χ1) is 8.79. The van der Waals surface area contributed by atoms with E-state index in [1.54, 1.807) is 0 Å². The maximum atomic E-state index is 4.33. The lowest BCUT2D eigenvalue weighted by Crippen LogP contribution is -2.22. The second-order valence-corrected chi connectivity index (χ2v) is 5.60. The molecule has 1 saturated carbocycles. The molecule has 0 saturated heterocycles. The Bertz CT molecular complexity index is 339. The SMILES string of the molecule is CCn1cc(C(C)NCCC2CCCCC2)cn1. The van der Waals surface area contributed by atoms with Crippen LogP contribution < -0.4 is 5.32 Å². The maximum absolute atomic E-state index is 4.33. The summed E-state index contributed by atoms with van der Waals surface area (Å²) in [7, 11) is 0. The number of aryl methyl sites for hydroxylation is 1. The molecule has 0 bridgehead atoms. The van der Waals surface area contributed by atoms with E-state index in [0.717, 1.165) is 19.0 Å². The molecule has 0 radical (unpaired) electrons. The molecule has 2 rings (SSSR count). The van der Waals surface area contributed by atoms with Gasteiger partial charge in [0.25, 0.3) is 0 Å². The van der Waals surface area contributed by atoms with Gasteiger partial charge >= 0.3 is 0 Å². The third-order valence-electron chi connectivity index (χ3n) is 4.21. The van der Waals surface area contributed by atoms with E-state index in [1.165, 1.54) is 44.1 Å². The summed E-state index contributed by atoms with van der Waals surface area (Å²) in [4.78, 5) is 0. The molecule has 3 heteroatoms. The third kappa shape index (κ3) is 3.84. The van der Waals surface area contributed by atoms with Gasteiger partial charge in [-0.15, -0.1) is 0 Å². The lowest BCUT2D eigenvalue weighted by Gasteiger charge is -2.22. The summed E-state index contributed by atoms with van der Waals surface area (Å²) < 4.78 is 1.99. The predicted molar refractivity (Wildman–Crippen MR) is 75.5 cm³/mol. The molecule has 1 N–H and O–H groups in total. The quantitative estimate of drug-likeness (QED) is 0.836. The summed E-state index contributed by atoms with van der Waals surface area (Å²) in [5, 5.41) is 7.96. The van der Waals surface area contributed by atoms with E-state index in [1.807, 2.05) is 10.9 Å². The van der Waals surface area contributed by atoms with Gasteiger partial charge in [0.05, 0.1) is 6.20 Å². The van der Waals surface area contributed by atoms with Crippen LogP contribution in [-0.4, -0.2) is 16.3 Å². The van der Waals surface area contributed by atoms with Gasteiger partial charge in [-0.25, -0.2) is 0 Å². The van der Waals surface area contributed by atoms with Crippen LogP contribution >= 0.6 is 0 Å². The Kier molecular flexibility index (Phi) is 5.24. The average Bonchev–Trinajstić information content (AvgIpc) is 2.89. The van der Waals surface area contributed by atoms with Gasteiger partial charge in [0.15, 0.2) is 0 Å². The van der Waals surface area contributed by atoms with Crippen LogP contribution in [0.2, 0.25) is 0 Å². The van der Waals surface area contributed by atoms with Crippen LogP contribution in [0, 0.1) is 5.92 Å². The van der Waals surface area contributed by atoms with Crippen LogP contribution in [0.3, 0.4) is 0 Å². The fourth-order valence-corrected chi connectivity index (χ4v) is 2.87. The van der Waals surface area contributed by atoms with Crippen molar-refractivity contribution < 1.29 is 0 Å². The van der Waals surface area contributed by atoms with Crippen LogP contribution in [0.5, 0.6) is 0 Å². The number of hydrogen-bond donors (Lipinski definition) is 1. The smallest absolute Gasteiger partial charge is 0.0537 e. The van der Waals surface area contributed by atoms with E-state index in [9.17, 15) is 0 Å². The number of nitrogens with zero attached hydrogens (tertiary/aromatic N) is 2. The highest BCUT2D eigenvalue weighted by atomic mass is 15.3. The van der Waals surface area contributed by atoms with Crippen molar-refractivity contribution in [1.82, 2.24) is 15.1 Å². The molecule has 0 aliphatic heterocycles. The highest BCUT2D eigenvalue weighted by Crippen LogP contribution is 2.26. The monoisotopic (exact) mass is 249 g/mol. The van der Waals surface area contributed by atoms with Crippen LogP contribution in [0.4, 0.5) is 0 Å². The molecule has 0 aromatic carbocycles. The van der Waals surface area contributed by atoms with Crippen molar-refractivity contribution in [3.8, 4) is 0 Å². The van der Waals surface area contributed by atoms with E-state index in [-0.39, 0.29) is 0 Å². The number of aromatic nitrogens is 2. The molecule has 1 atom stereocenters. The standard InChI is InChI=1S/C15H27N3/c1-3-18-12-15(11-17-18)13(2)16-10-9-14-7-5-4-6-8-14/h11-14,16H,3-10H2,1-2H3. The average molecular weight is 249 g/mol. The molecule has 0 amide bonds. The molecule has 1 aliphatic rings. The Hall–Kier alpha value is -0.830. The lowest BCUT2D eigenvalue weighted by atomic mass is 9.87. The molecular weight excluding hydrogens is 222 g/mol. The highest BCUT2D eigenvalue weighted by molar-refractivity contribution is 5.08. The molecule has 1 heterocycles. The molecular formula is C15H27N3. The summed E-state index contributed by atoms with van der Waals surface area (Å²) in [5.74, 6) is 0.969. The second-order valence-electron chi connectivity index (χ2n) is 5.60. The van der Waals surface area contributed by atoms with Gasteiger partial charge in [-0.2, -0.15) is 5.10 Å². The van der Waals surface area contributed by atoms with Gasteiger partial charge in [0, 0.05) is 24.3 Å². The van der Waals surface area contributed by atoms with Gasteiger partial charge in [-0.1, -0.05) is 32.1 Å². The first-order valence-electron chi connectivity index (χ1n) is 7.55. The summed E-state index contributed by atoms with van der Waals surface area (Å²) in [6.07, 6.45) is 12.7. The number of hydrogen-bond acceptors (Lipinski definition) is 2. The summed E-state index contributed by atoms with van der Waals surface area (Å²) >= 11 is 0. The Morgan fingerprint density at radius 2 is 2.17 bits per heavy atom. The Morgan fingerprint density at radius 3 is 2.83 bits per heavy atom. The normalized spacial score (nSPS) is 19.0. The van der Waals surface area contributed by atoms with Crippen molar-refractivity contribution in [3.05, 3.63) is 18.0 Å². The highest BCUT2D eigenvalue weighted by Gasteiger charge is 2.13. The molecule has 1 fully saturated rings. The van der Waals surface area contributed by atoms with Crippen LogP contribution in [0.1, 0.15) is 64.0 Å². The van der Waals surface area contributed by atoms with E-state index < -0.39 is 0 Å². The molecule has 1 aliphatic carbocycles. The minimum Gasteiger partial charge on any atom is -0.310 e. The minimum absolute atomic E-state index is 0.425. The molecule has 0 spiro atoms. The van der Waals surface area contributed by atoms with Gasteiger partial charge in [0.2, 0.25) is 0 Å². The van der Waals surface area contributed by atoms with Crippen LogP contribution in [0.15, 0.2) is 12.4 Å². The van der Waals surface area contributed by atoms with Crippen LogP contribution in [0.25, 0.3) is 0 Å². The van der Waals surface area contributed by atoms with Gasteiger partial charge in [-0.3, -0.25) is 4.68 Å². The topological polar surface area (TPSA) is 29.9 Å². The van der Waals surface area contributed by atoms with Crippen molar-refractivity contribution in [2.24, 2.45) is 5.92 Å². The zero-order valence-electron chi connectivity index (χ0n) is 11.9. The van der Waals surface area contributed by atoms with E-state index in [0.29, 0.717) is 6.04 Å². The first-order valence-corrected chi connectivity index (χ1v) is 7.55. The van der Waals surface area contributed by atoms with E-state index in [4.69, 9.17) is 0 Å². The fourth-order valence-electron chi connectivity index (χ4n) is 2.87. The molecule has 1 aromatic rings. The zero-order valence-corrected chi connectivity index (χ0v) is 11.9. The predicted octanol–water partition coefficient (Wildman–Crippen LogP) is 3.52. The Labute approximate surface area is 111 Å². The first kappa shape index (κ1) is 13.6. The Morgan fingerprint density at radius 1 is 1.39 bits per heavy atom. The molecule has 102 valence electrons. The van der Waals surface area contributed by atoms with E-state index in [2.05, 4.69) is 30.5 Å². The molecule has 3 nitrogen and oxygen atoms in total. The number of nitrogens with one attached hydrogen (secondary N) is 1. The van der Waals surface area contributed by atoms with Gasteiger partial charge in [-0.05, 0) is 32.7 Å². The summed E-state index contributed by atoms with van der Waals surface area (Å²) in [6, 6.07) is 0.425. The minimum atomic E-state index is 0.425. The fraction of sp³-hybridized carbons (Fsp3) is 0.800. The second kappa shape index (κ2) is 6.93. The van der Waals surface area contributed by atoms with Gasteiger partial charge in [0.1, 0.15) is 0 Å². The Balaban J connectivity index is 1.69. The van der Waals surface area contributed by atoms with Crippen molar-refractivity contribution in [1.29, 1.82) is 0 Å². The van der Waals surface area contributed by atoms with Crippen molar-refractivity contribution in [3.63, 3.8) is 0 Å². The molecule has 1 aromatic heterocycles. The van der Waals surface area contributed by atoms with Crippen molar-refractivity contribution in [2.75, 3.05) is 6.54 Å². The lowest BCUT2D eigenvalue weighted by molar-refractivity contribution is 0.329. The molecule has 18 heavy (non-hydrogen) atoms. The van der Waals surface area contributed by atoms with Crippen molar-refractivity contribution >= 4 is 0 Å². The number of rotatable bonds is 6. The third-order valence-corrected chi connectivity index (χ3v) is 4.21. The largest absolute Gasteiger partial charge is 0.310 e. The summed E-state index contributed by atoms with van der Waals surface area (Å²) in [6.45, 7) is 6.45. The van der Waals surface area contributed by atoms with Crippen LogP contribution in [-0.2, 0) is 6.54 Å². The van der Waals surface area contributed by atoms with E-state index >= 15 is 0 Å². The zero-order chi connectivity index (χ0) is 12.8. The van der Waals surface area contributed by atoms with Crippen molar-refractivity contribution in [2.45, 2.75) is 65.0 Å². The maximum Gasteiger partial charge on any atom is 0.0537 e. The molecule has 1 unspecified atom stereocenters.